The molecule has 1 unspecified atom stereocenters. The van der Waals surface area contributed by atoms with Crippen LogP contribution < -0.4 is 4.74 Å². The van der Waals surface area contributed by atoms with Crippen molar-refractivity contribution in [3.8, 4) is 11.8 Å². The summed E-state index contributed by atoms with van der Waals surface area (Å²) in [7, 11) is 1.66. The minimum atomic E-state index is -0.410. The van der Waals surface area contributed by atoms with Gasteiger partial charge < -0.3 is 9.47 Å². The molecule has 1 aliphatic heterocycles. The summed E-state index contributed by atoms with van der Waals surface area (Å²) in [6.07, 6.45) is 2.51. The molecule has 1 saturated heterocycles. The number of hydrogen-bond donors (Lipinski definition) is 0. The van der Waals surface area contributed by atoms with Gasteiger partial charge in [0.05, 0.1) is 25.2 Å². The Bertz CT molecular complexity index is 461. The monoisotopic (exact) mass is 309 g/mol. The van der Waals surface area contributed by atoms with Crippen molar-refractivity contribution in [2.24, 2.45) is 5.41 Å². The first kappa shape index (κ1) is 13.4. The molecule has 4 heteroatoms. The fourth-order valence-corrected chi connectivity index (χ4v) is 2.78. The number of benzene rings is 1. The van der Waals surface area contributed by atoms with E-state index in [1.165, 1.54) is 0 Å². The van der Waals surface area contributed by atoms with E-state index in [0.29, 0.717) is 13.0 Å². The Balaban J connectivity index is 2.26. The molecule has 0 bridgehead atoms. The van der Waals surface area contributed by atoms with Crippen LogP contribution in [0.3, 0.4) is 0 Å². The second-order valence-corrected chi connectivity index (χ2v) is 5.60. The Labute approximate surface area is 116 Å². The third-order valence-electron chi connectivity index (χ3n) is 3.33. The lowest BCUT2D eigenvalue weighted by Gasteiger charge is -2.31. The second-order valence-electron chi connectivity index (χ2n) is 4.68. The van der Waals surface area contributed by atoms with Crippen LogP contribution in [0.4, 0.5) is 0 Å². The van der Waals surface area contributed by atoms with Crippen LogP contribution in [0.2, 0.25) is 0 Å². The molecule has 1 heterocycles. The van der Waals surface area contributed by atoms with Gasteiger partial charge in [-0.15, -0.1) is 0 Å². The Morgan fingerprint density at radius 3 is 3.00 bits per heavy atom. The summed E-state index contributed by atoms with van der Waals surface area (Å²) >= 11 is 3.46. The maximum absolute atomic E-state index is 9.45. The molecule has 0 aromatic heterocycles. The van der Waals surface area contributed by atoms with Crippen LogP contribution >= 0.6 is 15.9 Å². The Hall–Kier alpha value is -1.05. The van der Waals surface area contributed by atoms with Gasteiger partial charge in [-0.05, 0) is 43.0 Å². The third kappa shape index (κ3) is 2.85. The van der Waals surface area contributed by atoms with Crippen molar-refractivity contribution in [3.05, 3.63) is 28.2 Å². The molecule has 1 fully saturated rings. The van der Waals surface area contributed by atoms with Crippen LogP contribution in [0.1, 0.15) is 18.4 Å². The van der Waals surface area contributed by atoms with Crippen LogP contribution in [0.15, 0.2) is 22.7 Å². The molecule has 0 aliphatic carbocycles. The largest absolute Gasteiger partial charge is 0.496 e. The fourth-order valence-electron chi connectivity index (χ4n) is 2.37. The van der Waals surface area contributed by atoms with Crippen LogP contribution in [-0.2, 0) is 11.2 Å². The van der Waals surface area contributed by atoms with Crippen LogP contribution in [0, 0.1) is 16.7 Å². The summed E-state index contributed by atoms with van der Waals surface area (Å²) in [5.41, 5.74) is 0.644. The highest BCUT2D eigenvalue weighted by molar-refractivity contribution is 9.10. The Morgan fingerprint density at radius 1 is 1.56 bits per heavy atom. The van der Waals surface area contributed by atoms with Crippen LogP contribution in [0.25, 0.3) is 0 Å². The van der Waals surface area contributed by atoms with E-state index in [9.17, 15) is 5.26 Å². The van der Waals surface area contributed by atoms with E-state index >= 15 is 0 Å². The van der Waals surface area contributed by atoms with Crippen molar-refractivity contribution in [1.29, 1.82) is 5.26 Å². The Kier molecular flexibility index (Phi) is 4.26. The molecule has 2 rings (SSSR count). The van der Waals surface area contributed by atoms with Gasteiger partial charge in [0.1, 0.15) is 5.75 Å². The molecule has 0 spiro atoms. The average Bonchev–Trinajstić information content (AvgIpc) is 2.40. The molecule has 0 saturated carbocycles. The predicted octanol–water partition coefficient (Wildman–Crippen LogP) is 3.32. The quantitative estimate of drug-likeness (QED) is 0.860. The van der Waals surface area contributed by atoms with Gasteiger partial charge >= 0.3 is 0 Å². The summed E-state index contributed by atoms with van der Waals surface area (Å²) in [4.78, 5) is 0. The summed E-state index contributed by atoms with van der Waals surface area (Å²) in [6.45, 7) is 1.28. The number of ether oxygens (including phenoxy) is 2. The fraction of sp³-hybridized carbons (Fsp3) is 0.500. The smallest absolute Gasteiger partial charge is 0.122 e. The van der Waals surface area contributed by atoms with Gasteiger partial charge in [-0.25, -0.2) is 0 Å². The number of methoxy groups -OCH3 is 1. The van der Waals surface area contributed by atoms with Crippen molar-refractivity contribution in [2.45, 2.75) is 19.3 Å². The van der Waals surface area contributed by atoms with Crippen molar-refractivity contribution in [1.82, 2.24) is 0 Å². The minimum absolute atomic E-state index is 0.410. The minimum Gasteiger partial charge on any atom is -0.496 e. The summed E-state index contributed by atoms with van der Waals surface area (Å²) in [5.74, 6) is 0.832. The van der Waals surface area contributed by atoms with Gasteiger partial charge in [-0.1, -0.05) is 15.9 Å². The zero-order valence-corrected chi connectivity index (χ0v) is 12.0. The number of hydrogen-bond acceptors (Lipinski definition) is 3. The zero-order chi connectivity index (χ0) is 13.0. The van der Waals surface area contributed by atoms with E-state index in [0.717, 1.165) is 35.2 Å². The highest BCUT2D eigenvalue weighted by atomic mass is 79.9. The van der Waals surface area contributed by atoms with E-state index in [1.54, 1.807) is 7.11 Å². The molecule has 1 atom stereocenters. The maximum atomic E-state index is 9.45. The summed E-state index contributed by atoms with van der Waals surface area (Å²) in [6, 6.07) is 8.33. The van der Waals surface area contributed by atoms with Crippen molar-refractivity contribution >= 4 is 15.9 Å². The van der Waals surface area contributed by atoms with E-state index in [1.807, 2.05) is 18.2 Å². The lowest BCUT2D eigenvalue weighted by Crippen LogP contribution is -2.32. The molecule has 0 radical (unpaired) electrons. The zero-order valence-electron chi connectivity index (χ0n) is 10.4. The normalized spacial score (nSPS) is 23.4. The lowest BCUT2D eigenvalue weighted by molar-refractivity contribution is 0.0221. The first-order chi connectivity index (χ1) is 8.69. The predicted molar refractivity (Wildman–Crippen MR) is 72.5 cm³/mol. The lowest BCUT2D eigenvalue weighted by atomic mass is 9.78. The molecule has 0 N–H and O–H groups in total. The van der Waals surface area contributed by atoms with Crippen LogP contribution in [-0.4, -0.2) is 20.3 Å². The van der Waals surface area contributed by atoms with Gasteiger partial charge in [-0.3, -0.25) is 0 Å². The number of nitrogens with zero attached hydrogens (tertiary/aromatic N) is 1. The third-order valence-corrected chi connectivity index (χ3v) is 3.82. The summed E-state index contributed by atoms with van der Waals surface area (Å²) in [5, 5.41) is 9.45. The van der Waals surface area contributed by atoms with E-state index in [4.69, 9.17) is 9.47 Å². The molecule has 96 valence electrons. The van der Waals surface area contributed by atoms with E-state index in [-0.39, 0.29) is 0 Å². The van der Waals surface area contributed by atoms with Gasteiger partial charge in [0.2, 0.25) is 0 Å². The molecule has 0 amide bonds. The van der Waals surface area contributed by atoms with Crippen molar-refractivity contribution < 1.29 is 9.47 Å². The first-order valence-electron chi connectivity index (χ1n) is 6.00. The maximum Gasteiger partial charge on any atom is 0.122 e. The number of nitriles is 1. The van der Waals surface area contributed by atoms with E-state index in [2.05, 4.69) is 22.0 Å². The molecule has 1 aromatic carbocycles. The standard InChI is InChI=1S/C14H16BrNO2/c1-17-13-4-3-12(15)7-11(13)8-14(9-16)5-2-6-18-10-14/h3-4,7H,2,5-6,8,10H2,1H3. The number of rotatable bonds is 3. The number of halogens is 1. The average molecular weight is 310 g/mol. The van der Waals surface area contributed by atoms with Gasteiger partial charge in [0.15, 0.2) is 0 Å². The van der Waals surface area contributed by atoms with Crippen molar-refractivity contribution in [3.63, 3.8) is 0 Å². The van der Waals surface area contributed by atoms with Crippen LogP contribution in [0.5, 0.6) is 5.75 Å². The second kappa shape index (κ2) is 5.73. The first-order valence-corrected chi connectivity index (χ1v) is 6.80. The SMILES string of the molecule is COc1ccc(Br)cc1CC1(C#N)CCCOC1. The van der Waals surface area contributed by atoms with Gasteiger partial charge in [0.25, 0.3) is 0 Å². The molecule has 1 aliphatic rings. The van der Waals surface area contributed by atoms with Crippen molar-refractivity contribution in [2.75, 3.05) is 20.3 Å². The molecule has 3 nitrogen and oxygen atoms in total. The molecular weight excluding hydrogens is 294 g/mol. The van der Waals surface area contributed by atoms with Gasteiger partial charge in [0, 0.05) is 11.1 Å². The molecule has 1 aromatic rings. The molecular formula is C14H16BrNO2. The topological polar surface area (TPSA) is 42.2 Å². The Morgan fingerprint density at radius 2 is 2.39 bits per heavy atom. The van der Waals surface area contributed by atoms with E-state index < -0.39 is 5.41 Å². The highest BCUT2D eigenvalue weighted by Crippen LogP contribution is 2.35. The van der Waals surface area contributed by atoms with Gasteiger partial charge in [-0.2, -0.15) is 5.26 Å². The summed E-state index contributed by atoms with van der Waals surface area (Å²) < 4.78 is 11.8. The molecule has 18 heavy (non-hydrogen) atoms. The highest BCUT2D eigenvalue weighted by Gasteiger charge is 2.34.